The highest BCUT2D eigenvalue weighted by atomic mass is 35.5. The Morgan fingerprint density at radius 3 is 2.59 bits per heavy atom. The van der Waals surface area contributed by atoms with Crippen LogP contribution in [0.3, 0.4) is 0 Å². The Hall–Kier alpha value is -2.08. The standard InChI is InChI=1S/C20H26ClN3O3/c21-17-6-2-1-5-15(17)13-22-20(27)16-8-9-19(26)24(14-16)12-4-11-23-10-3-7-18(23)25/h1-2,5-6,16H,3-4,7-14H2,(H,22,27)/t16-/m0/s1. The first kappa shape index (κ1) is 19.7. The van der Waals surface area contributed by atoms with Crippen molar-refractivity contribution in [1.29, 1.82) is 0 Å². The second-order valence-electron chi connectivity index (χ2n) is 7.22. The summed E-state index contributed by atoms with van der Waals surface area (Å²) in [7, 11) is 0. The van der Waals surface area contributed by atoms with Crippen LogP contribution in [0, 0.1) is 5.92 Å². The molecule has 0 bridgehead atoms. The minimum absolute atomic E-state index is 0.0397. The largest absolute Gasteiger partial charge is 0.352 e. The van der Waals surface area contributed by atoms with E-state index in [4.69, 9.17) is 11.6 Å². The van der Waals surface area contributed by atoms with Gasteiger partial charge >= 0.3 is 0 Å². The van der Waals surface area contributed by atoms with Crippen LogP contribution < -0.4 is 5.32 Å². The van der Waals surface area contributed by atoms with Crippen LogP contribution in [0.15, 0.2) is 24.3 Å². The van der Waals surface area contributed by atoms with Crippen molar-refractivity contribution in [3.05, 3.63) is 34.9 Å². The predicted octanol–water partition coefficient (Wildman–Crippen LogP) is 2.21. The monoisotopic (exact) mass is 391 g/mol. The summed E-state index contributed by atoms with van der Waals surface area (Å²) >= 11 is 6.12. The van der Waals surface area contributed by atoms with Crippen molar-refractivity contribution >= 4 is 29.3 Å². The van der Waals surface area contributed by atoms with Crippen molar-refractivity contribution in [2.24, 2.45) is 5.92 Å². The van der Waals surface area contributed by atoms with Crippen LogP contribution in [0.2, 0.25) is 5.02 Å². The summed E-state index contributed by atoms with van der Waals surface area (Å²) in [6, 6.07) is 7.43. The Kier molecular flexibility index (Phi) is 6.72. The van der Waals surface area contributed by atoms with E-state index in [1.54, 1.807) is 11.0 Å². The van der Waals surface area contributed by atoms with E-state index < -0.39 is 0 Å². The van der Waals surface area contributed by atoms with Crippen molar-refractivity contribution in [3.8, 4) is 0 Å². The van der Waals surface area contributed by atoms with Crippen molar-refractivity contribution < 1.29 is 14.4 Å². The number of rotatable bonds is 7. The Balaban J connectivity index is 1.45. The zero-order valence-electron chi connectivity index (χ0n) is 15.5. The van der Waals surface area contributed by atoms with Crippen LogP contribution in [0.4, 0.5) is 0 Å². The SMILES string of the molecule is O=C(NCc1ccccc1Cl)[C@H]1CCC(=O)N(CCCN2CCCC2=O)C1. The molecule has 7 heteroatoms. The predicted molar refractivity (Wildman–Crippen MR) is 103 cm³/mol. The molecule has 27 heavy (non-hydrogen) atoms. The maximum absolute atomic E-state index is 12.5. The van der Waals surface area contributed by atoms with Gasteiger partial charge in [0.2, 0.25) is 17.7 Å². The summed E-state index contributed by atoms with van der Waals surface area (Å²) in [5.41, 5.74) is 0.881. The van der Waals surface area contributed by atoms with E-state index in [9.17, 15) is 14.4 Å². The molecule has 0 unspecified atom stereocenters. The Bertz CT molecular complexity index is 709. The van der Waals surface area contributed by atoms with Crippen LogP contribution in [-0.4, -0.2) is 53.7 Å². The van der Waals surface area contributed by atoms with Crippen molar-refractivity contribution in [1.82, 2.24) is 15.1 Å². The molecule has 0 radical (unpaired) electrons. The number of carbonyl (C=O) groups is 3. The van der Waals surface area contributed by atoms with Crippen LogP contribution in [-0.2, 0) is 20.9 Å². The number of halogens is 1. The lowest BCUT2D eigenvalue weighted by atomic mass is 9.96. The maximum atomic E-state index is 12.5. The zero-order chi connectivity index (χ0) is 19.2. The minimum atomic E-state index is -0.196. The Morgan fingerprint density at radius 1 is 1.11 bits per heavy atom. The molecule has 2 saturated heterocycles. The fraction of sp³-hybridized carbons (Fsp3) is 0.550. The van der Waals surface area contributed by atoms with Gasteiger partial charge in [0.15, 0.2) is 0 Å². The summed E-state index contributed by atoms with van der Waals surface area (Å²) in [6.07, 6.45) is 3.29. The first-order valence-electron chi connectivity index (χ1n) is 9.61. The highest BCUT2D eigenvalue weighted by Crippen LogP contribution is 2.20. The molecular formula is C20H26ClN3O3. The quantitative estimate of drug-likeness (QED) is 0.774. The third kappa shape index (κ3) is 5.22. The third-order valence-electron chi connectivity index (χ3n) is 5.31. The summed E-state index contributed by atoms with van der Waals surface area (Å²) in [6.45, 7) is 2.93. The number of benzene rings is 1. The molecular weight excluding hydrogens is 366 g/mol. The number of amides is 3. The fourth-order valence-electron chi connectivity index (χ4n) is 3.71. The lowest BCUT2D eigenvalue weighted by Crippen LogP contribution is -2.46. The normalized spacial score (nSPS) is 20.3. The molecule has 2 aliphatic rings. The van der Waals surface area contributed by atoms with E-state index >= 15 is 0 Å². The summed E-state index contributed by atoms with van der Waals surface area (Å²) < 4.78 is 0. The number of likely N-dealkylation sites (tertiary alicyclic amines) is 2. The summed E-state index contributed by atoms with van der Waals surface area (Å²) in [4.78, 5) is 40.0. The van der Waals surface area contributed by atoms with E-state index in [1.807, 2.05) is 23.1 Å². The fourth-order valence-corrected chi connectivity index (χ4v) is 3.91. The molecule has 1 aromatic rings. The molecule has 146 valence electrons. The highest BCUT2D eigenvalue weighted by Gasteiger charge is 2.30. The minimum Gasteiger partial charge on any atom is -0.352 e. The second kappa shape index (κ2) is 9.22. The summed E-state index contributed by atoms with van der Waals surface area (Å²) in [5.74, 6) is 0.0652. The number of carbonyl (C=O) groups excluding carboxylic acids is 3. The van der Waals surface area contributed by atoms with E-state index in [2.05, 4.69) is 5.32 Å². The zero-order valence-corrected chi connectivity index (χ0v) is 16.2. The van der Waals surface area contributed by atoms with E-state index in [-0.39, 0.29) is 23.6 Å². The van der Waals surface area contributed by atoms with Crippen LogP contribution >= 0.6 is 11.6 Å². The van der Waals surface area contributed by atoms with Gasteiger partial charge in [0.1, 0.15) is 0 Å². The molecule has 2 fully saturated rings. The molecule has 6 nitrogen and oxygen atoms in total. The molecule has 1 atom stereocenters. The molecule has 0 aromatic heterocycles. The van der Waals surface area contributed by atoms with Crippen molar-refractivity contribution in [2.45, 2.75) is 38.6 Å². The van der Waals surface area contributed by atoms with Gasteiger partial charge in [-0.05, 0) is 30.9 Å². The molecule has 2 heterocycles. The lowest BCUT2D eigenvalue weighted by molar-refractivity contribution is -0.138. The number of nitrogens with zero attached hydrogens (tertiary/aromatic N) is 2. The first-order chi connectivity index (χ1) is 13.0. The van der Waals surface area contributed by atoms with Gasteiger partial charge in [0.25, 0.3) is 0 Å². The number of hydrogen-bond acceptors (Lipinski definition) is 3. The Labute approximate surface area is 164 Å². The van der Waals surface area contributed by atoms with Gasteiger partial charge < -0.3 is 15.1 Å². The molecule has 1 aromatic carbocycles. The topological polar surface area (TPSA) is 69.7 Å². The molecule has 2 aliphatic heterocycles. The molecule has 3 rings (SSSR count). The van der Waals surface area contributed by atoms with Gasteiger partial charge in [-0.1, -0.05) is 29.8 Å². The number of piperidine rings is 1. The van der Waals surface area contributed by atoms with Crippen LogP contribution in [0.25, 0.3) is 0 Å². The van der Waals surface area contributed by atoms with Crippen molar-refractivity contribution in [3.63, 3.8) is 0 Å². The van der Waals surface area contributed by atoms with Gasteiger partial charge in [-0.3, -0.25) is 14.4 Å². The maximum Gasteiger partial charge on any atom is 0.225 e. The molecule has 1 N–H and O–H groups in total. The molecule has 0 spiro atoms. The van der Waals surface area contributed by atoms with Gasteiger partial charge in [0, 0.05) is 50.6 Å². The van der Waals surface area contributed by atoms with Crippen molar-refractivity contribution in [2.75, 3.05) is 26.2 Å². The average molecular weight is 392 g/mol. The van der Waals surface area contributed by atoms with Gasteiger partial charge in [-0.2, -0.15) is 0 Å². The third-order valence-corrected chi connectivity index (χ3v) is 5.68. The van der Waals surface area contributed by atoms with E-state index in [0.29, 0.717) is 50.5 Å². The number of hydrogen-bond donors (Lipinski definition) is 1. The molecule has 0 saturated carbocycles. The average Bonchev–Trinajstić information content (AvgIpc) is 3.07. The second-order valence-corrected chi connectivity index (χ2v) is 7.63. The Morgan fingerprint density at radius 2 is 1.85 bits per heavy atom. The molecule has 0 aliphatic carbocycles. The lowest BCUT2D eigenvalue weighted by Gasteiger charge is -2.32. The van der Waals surface area contributed by atoms with Gasteiger partial charge in [-0.25, -0.2) is 0 Å². The summed E-state index contributed by atoms with van der Waals surface area (Å²) in [5, 5.41) is 3.57. The molecule has 3 amide bonds. The highest BCUT2D eigenvalue weighted by molar-refractivity contribution is 6.31. The first-order valence-corrected chi connectivity index (χ1v) is 9.99. The van der Waals surface area contributed by atoms with E-state index in [1.165, 1.54) is 0 Å². The smallest absolute Gasteiger partial charge is 0.225 e. The van der Waals surface area contributed by atoms with Crippen LogP contribution in [0.1, 0.15) is 37.7 Å². The van der Waals surface area contributed by atoms with Crippen LogP contribution in [0.5, 0.6) is 0 Å². The van der Waals surface area contributed by atoms with Gasteiger partial charge in [-0.15, -0.1) is 0 Å². The number of nitrogens with one attached hydrogen (secondary N) is 1. The van der Waals surface area contributed by atoms with E-state index in [0.717, 1.165) is 24.9 Å². The van der Waals surface area contributed by atoms with Gasteiger partial charge in [0.05, 0.1) is 5.92 Å².